The second-order valence-electron chi connectivity index (χ2n) is 2.01. The van der Waals surface area contributed by atoms with Gasteiger partial charge in [0.25, 0.3) is 0 Å². The second-order valence-corrected chi connectivity index (χ2v) is 2.78. The smallest absolute Gasteiger partial charge is 0.309 e. The van der Waals surface area contributed by atoms with Gasteiger partial charge in [0.15, 0.2) is 0 Å². The number of thioether (sulfide) groups is 1. The van der Waals surface area contributed by atoms with E-state index in [1.165, 1.54) is 18.0 Å². The first kappa shape index (κ1) is 8.92. The van der Waals surface area contributed by atoms with Crippen LogP contribution in [0.4, 0.5) is 0 Å². The number of carboxylic acid groups (broad SMARTS) is 1. The van der Waals surface area contributed by atoms with E-state index in [0.717, 1.165) is 0 Å². The Kier molecular flexibility index (Phi) is 2.98. The summed E-state index contributed by atoms with van der Waals surface area (Å²) < 4.78 is 0. The molecule has 0 amide bonds. The van der Waals surface area contributed by atoms with Crippen molar-refractivity contribution in [1.82, 2.24) is 15.2 Å². The van der Waals surface area contributed by atoms with E-state index in [-0.39, 0.29) is 6.42 Å². The largest absolute Gasteiger partial charge is 0.481 e. The van der Waals surface area contributed by atoms with Crippen LogP contribution in [0.5, 0.6) is 0 Å². The number of aromatic nitrogens is 3. The Morgan fingerprint density at radius 2 is 2.42 bits per heavy atom. The van der Waals surface area contributed by atoms with Crippen molar-refractivity contribution in [3.63, 3.8) is 0 Å². The predicted octanol–water partition coefficient (Wildman–Crippen LogP) is 0.221. The molecule has 0 fully saturated rings. The first-order chi connectivity index (χ1) is 5.72. The lowest BCUT2D eigenvalue weighted by molar-refractivity contribution is -0.136. The van der Waals surface area contributed by atoms with E-state index in [4.69, 9.17) is 5.11 Å². The first-order valence-corrected chi connectivity index (χ1v) is 4.39. The highest BCUT2D eigenvalue weighted by atomic mass is 32.2. The predicted molar refractivity (Wildman–Crippen MR) is 42.9 cm³/mol. The molecule has 1 rings (SSSR count). The van der Waals surface area contributed by atoms with Crippen molar-refractivity contribution >= 4 is 17.7 Å². The molecule has 1 heterocycles. The number of carbonyl (C=O) groups is 1. The van der Waals surface area contributed by atoms with Crippen molar-refractivity contribution in [2.24, 2.45) is 0 Å². The molecule has 0 saturated carbocycles. The normalized spacial score (nSPS) is 9.75. The molecule has 6 heteroatoms. The average molecular weight is 185 g/mol. The fourth-order valence-corrected chi connectivity index (χ4v) is 0.898. The zero-order valence-electron chi connectivity index (χ0n) is 6.39. The highest BCUT2D eigenvalue weighted by molar-refractivity contribution is 7.98. The number of hydrogen-bond acceptors (Lipinski definition) is 5. The van der Waals surface area contributed by atoms with E-state index in [0.29, 0.717) is 10.9 Å². The zero-order chi connectivity index (χ0) is 8.97. The Morgan fingerprint density at radius 3 is 2.83 bits per heavy atom. The molecule has 0 spiro atoms. The summed E-state index contributed by atoms with van der Waals surface area (Å²) in [6.07, 6.45) is 3.12. The molecule has 0 bridgehead atoms. The molecule has 0 aliphatic rings. The van der Waals surface area contributed by atoms with Gasteiger partial charge in [0.1, 0.15) is 0 Å². The highest BCUT2D eigenvalue weighted by Crippen LogP contribution is 2.04. The van der Waals surface area contributed by atoms with Crippen LogP contribution in [0.1, 0.15) is 5.69 Å². The Bertz CT molecular complexity index is 275. The quantitative estimate of drug-likeness (QED) is 0.679. The summed E-state index contributed by atoms with van der Waals surface area (Å²) in [6, 6.07) is 0. The fourth-order valence-electron chi connectivity index (χ4n) is 0.618. The maximum absolute atomic E-state index is 10.2. The second kappa shape index (κ2) is 4.01. The Balaban J connectivity index is 2.71. The lowest BCUT2D eigenvalue weighted by atomic mass is 10.3. The molecular weight excluding hydrogens is 178 g/mol. The highest BCUT2D eigenvalue weighted by Gasteiger charge is 2.02. The summed E-state index contributed by atoms with van der Waals surface area (Å²) in [5, 5.41) is 16.3. The summed E-state index contributed by atoms with van der Waals surface area (Å²) >= 11 is 1.36. The number of aliphatic carboxylic acids is 1. The third kappa shape index (κ3) is 2.46. The van der Waals surface area contributed by atoms with Gasteiger partial charge in [-0.05, 0) is 6.26 Å². The maximum atomic E-state index is 10.2. The summed E-state index contributed by atoms with van der Waals surface area (Å²) in [5.41, 5.74) is 0.375. The maximum Gasteiger partial charge on any atom is 0.309 e. The molecule has 1 aromatic rings. The van der Waals surface area contributed by atoms with Crippen molar-refractivity contribution in [3.8, 4) is 0 Å². The van der Waals surface area contributed by atoms with Gasteiger partial charge in [-0.3, -0.25) is 4.79 Å². The van der Waals surface area contributed by atoms with E-state index in [1.54, 1.807) is 0 Å². The topological polar surface area (TPSA) is 76.0 Å². The van der Waals surface area contributed by atoms with Crippen molar-refractivity contribution in [2.75, 3.05) is 6.26 Å². The van der Waals surface area contributed by atoms with Gasteiger partial charge < -0.3 is 5.11 Å². The number of nitrogens with zero attached hydrogens (tertiary/aromatic N) is 3. The summed E-state index contributed by atoms with van der Waals surface area (Å²) in [6.45, 7) is 0. The lowest BCUT2D eigenvalue weighted by Gasteiger charge is -1.94. The van der Waals surface area contributed by atoms with Gasteiger partial charge in [0.05, 0.1) is 18.3 Å². The van der Waals surface area contributed by atoms with E-state index in [2.05, 4.69) is 15.2 Å². The minimum atomic E-state index is -0.928. The molecule has 1 aromatic heterocycles. The summed E-state index contributed by atoms with van der Waals surface area (Å²) in [7, 11) is 0. The van der Waals surface area contributed by atoms with Gasteiger partial charge >= 0.3 is 5.97 Å². The molecule has 0 atom stereocenters. The molecule has 0 aromatic carbocycles. The Morgan fingerprint density at radius 1 is 1.67 bits per heavy atom. The third-order valence-corrected chi connectivity index (χ3v) is 1.66. The van der Waals surface area contributed by atoms with Crippen LogP contribution in [0.3, 0.4) is 0 Å². The zero-order valence-corrected chi connectivity index (χ0v) is 7.21. The molecule has 0 saturated heterocycles. The van der Waals surface area contributed by atoms with E-state index in [9.17, 15) is 4.79 Å². The molecule has 0 aliphatic carbocycles. The van der Waals surface area contributed by atoms with Crippen LogP contribution in [-0.4, -0.2) is 32.5 Å². The first-order valence-electron chi connectivity index (χ1n) is 3.16. The van der Waals surface area contributed by atoms with Crippen LogP contribution in [0.25, 0.3) is 0 Å². The minimum Gasteiger partial charge on any atom is -0.481 e. The van der Waals surface area contributed by atoms with Crippen molar-refractivity contribution in [2.45, 2.75) is 11.6 Å². The van der Waals surface area contributed by atoms with Crippen LogP contribution in [-0.2, 0) is 11.2 Å². The molecule has 0 unspecified atom stereocenters. The van der Waals surface area contributed by atoms with Gasteiger partial charge in [0, 0.05) is 0 Å². The molecule has 64 valence electrons. The summed E-state index contributed by atoms with van der Waals surface area (Å²) in [4.78, 5) is 14.1. The molecule has 0 radical (unpaired) electrons. The van der Waals surface area contributed by atoms with E-state index >= 15 is 0 Å². The van der Waals surface area contributed by atoms with Crippen LogP contribution in [0.2, 0.25) is 0 Å². The van der Waals surface area contributed by atoms with Gasteiger partial charge in [-0.15, -0.1) is 5.10 Å². The van der Waals surface area contributed by atoms with Crippen molar-refractivity contribution in [1.29, 1.82) is 0 Å². The van der Waals surface area contributed by atoms with Crippen LogP contribution in [0, 0.1) is 0 Å². The van der Waals surface area contributed by atoms with Gasteiger partial charge in [0.2, 0.25) is 5.16 Å². The fraction of sp³-hybridized carbons (Fsp3) is 0.333. The molecule has 0 aliphatic heterocycles. The van der Waals surface area contributed by atoms with Crippen LogP contribution >= 0.6 is 11.8 Å². The Labute approximate surface area is 73.2 Å². The van der Waals surface area contributed by atoms with Crippen LogP contribution < -0.4 is 0 Å². The van der Waals surface area contributed by atoms with E-state index < -0.39 is 5.97 Å². The number of hydrogen-bond donors (Lipinski definition) is 1. The SMILES string of the molecule is CSc1ncc(CC(=O)O)nn1. The minimum absolute atomic E-state index is 0.130. The number of rotatable bonds is 3. The molecule has 1 N–H and O–H groups in total. The van der Waals surface area contributed by atoms with Crippen molar-refractivity contribution in [3.05, 3.63) is 11.9 Å². The molecule has 5 nitrogen and oxygen atoms in total. The van der Waals surface area contributed by atoms with Gasteiger partial charge in [-0.25, -0.2) is 4.98 Å². The van der Waals surface area contributed by atoms with Crippen molar-refractivity contribution < 1.29 is 9.90 Å². The monoisotopic (exact) mass is 185 g/mol. The summed E-state index contributed by atoms with van der Waals surface area (Å²) in [5.74, 6) is -0.928. The van der Waals surface area contributed by atoms with Gasteiger partial charge in [-0.1, -0.05) is 11.8 Å². The Hall–Kier alpha value is -1.17. The molecular formula is C6H7N3O2S. The average Bonchev–Trinajstić information content (AvgIpc) is 2.05. The number of carboxylic acids is 1. The third-order valence-electron chi connectivity index (χ3n) is 1.10. The van der Waals surface area contributed by atoms with Gasteiger partial charge in [-0.2, -0.15) is 5.10 Å². The lowest BCUT2D eigenvalue weighted by Crippen LogP contribution is -2.04. The van der Waals surface area contributed by atoms with Crippen LogP contribution in [0.15, 0.2) is 11.4 Å². The standard InChI is InChI=1S/C6H7N3O2S/c1-12-6-7-3-4(8-9-6)2-5(10)11/h3H,2H2,1H3,(H,10,11). The molecule has 12 heavy (non-hydrogen) atoms. The van der Waals surface area contributed by atoms with E-state index in [1.807, 2.05) is 6.26 Å².